The third kappa shape index (κ3) is 6.93. The van der Waals surface area contributed by atoms with Crippen LogP contribution in [0.5, 0.6) is 0 Å². The van der Waals surface area contributed by atoms with E-state index >= 15 is 0 Å². The summed E-state index contributed by atoms with van der Waals surface area (Å²) in [6, 6.07) is 0. The highest BCUT2D eigenvalue weighted by Gasteiger charge is 2.33. The summed E-state index contributed by atoms with van der Waals surface area (Å²) in [5, 5.41) is 11.2. The van der Waals surface area contributed by atoms with Crippen molar-refractivity contribution in [2.45, 2.75) is 29.6 Å². The van der Waals surface area contributed by atoms with Gasteiger partial charge in [-0.3, -0.25) is 0 Å². The molecule has 0 unspecified atom stereocenters. The maximum absolute atomic E-state index is 11.4. The van der Waals surface area contributed by atoms with E-state index in [-0.39, 0.29) is 0 Å². The van der Waals surface area contributed by atoms with Crippen LogP contribution in [0.3, 0.4) is 0 Å². The molecule has 0 heterocycles. The van der Waals surface area contributed by atoms with E-state index in [9.17, 15) is 9.59 Å². The molecule has 0 aliphatic heterocycles. The lowest BCUT2D eigenvalue weighted by molar-refractivity contribution is -0.141. The van der Waals surface area contributed by atoms with Gasteiger partial charge >= 0.3 is 12.1 Å². The van der Waals surface area contributed by atoms with Crippen LogP contribution in [0.25, 0.3) is 0 Å². The SMILES string of the molecule is CC/C=C/[C@@](C)(NC(=O)OCC(Cl)(Cl)Cl)C(=O)O. The molecule has 18 heavy (non-hydrogen) atoms. The normalized spacial score (nSPS) is 15.2. The first kappa shape index (κ1) is 17.4. The molecule has 0 fully saturated rings. The Labute approximate surface area is 120 Å². The molecule has 0 saturated heterocycles. The van der Waals surface area contributed by atoms with E-state index < -0.39 is 28.0 Å². The van der Waals surface area contributed by atoms with E-state index in [1.165, 1.54) is 13.0 Å². The Bertz CT molecular complexity index is 341. The van der Waals surface area contributed by atoms with E-state index in [2.05, 4.69) is 10.1 Å². The molecule has 0 aromatic heterocycles. The van der Waals surface area contributed by atoms with Gasteiger partial charge in [0.15, 0.2) is 5.54 Å². The number of amides is 1. The summed E-state index contributed by atoms with van der Waals surface area (Å²) in [7, 11) is 0. The Balaban J connectivity index is 4.56. The van der Waals surface area contributed by atoms with Gasteiger partial charge in [0, 0.05) is 0 Å². The minimum Gasteiger partial charge on any atom is -0.479 e. The predicted octanol–water partition coefficient (Wildman–Crippen LogP) is 2.89. The minimum atomic E-state index is -1.74. The molecule has 0 spiro atoms. The van der Waals surface area contributed by atoms with Crippen LogP contribution in [0.2, 0.25) is 0 Å². The van der Waals surface area contributed by atoms with Crippen molar-refractivity contribution in [1.29, 1.82) is 0 Å². The van der Waals surface area contributed by atoms with Crippen molar-refractivity contribution in [3.05, 3.63) is 12.2 Å². The maximum atomic E-state index is 11.4. The van der Waals surface area contributed by atoms with E-state index in [1.807, 2.05) is 6.92 Å². The third-order valence-corrected chi connectivity index (χ3v) is 2.19. The number of carbonyl (C=O) groups is 2. The van der Waals surface area contributed by atoms with Crippen LogP contribution >= 0.6 is 34.8 Å². The highest BCUT2D eigenvalue weighted by molar-refractivity contribution is 6.67. The predicted molar refractivity (Wildman–Crippen MR) is 70.2 cm³/mol. The Morgan fingerprint density at radius 1 is 1.39 bits per heavy atom. The summed E-state index contributed by atoms with van der Waals surface area (Å²) in [6.45, 7) is 2.68. The topological polar surface area (TPSA) is 75.6 Å². The first-order valence-corrected chi connectivity index (χ1v) is 6.17. The summed E-state index contributed by atoms with van der Waals surface area (Å²) in [4.78, 5) is 22.4. The molecule has 0 rings (SSSR count). The summed E-state index contributed by atoms with van der Waals surface area (Å²) in [5.41, 5.74) is -1.57. The number of carboxylic acids is 1. The Morgan fingerprint density at radius 2 is 1.94 bits per heavy atom. The highest BCUT2D eigenvalue weighted by Crippen LogP contribution is 2.25. The summed E-state index contributed by atoms with van der Waals surface area (Å²) >= 11 is 16.2. The lowest BCUT2D eigenvalue weighted by atomic mass is 10.0. The first-order chi connectivity index (χ1) is 8.10. The van der Waals surface area contributed by atoms with Crippen LogP contribution in [0, 0.1) is 0 Å². The molecule has 0 bridgehead atoms. The Kier molecular flexibility index (Phi) is 6.81. The Morgan fingerprint density at radius 3 is 2.33 bits per heavy atom. The number of rotatable bonds is 5. The highest BCUT2D eigenvalue weighted by atomic mass is 35.6. The second kappa shape index (κ2) is 7.07. The van der Waals surface area contributed by atoms with Crippen molar-refractivity contribution in [1.82, 2.24) is 5.32 Å². The zero-order valence-electron chi connectivity index (χ0n) is 9.87. The second-order valence-electron chi connectivity index (χ2n) is 3.63. The number of alkyl halides is 3. The molecule has 1 atom stereocenters. The third-order valence-electron chi connectivity index (χ3n) is 1.86. The molecule has 0 aromatic rings. The molecule has 8 heteroatoms. The standard InChI is InChI=1S/C10H14Cl3NO4/c1-3-4-5-9(2,7(15)16)14-8(17)18-6-10(11,12)13/h4-5H,3,6H2,1-2H3,(H,14,17)(H,15,16)/b5-4+/t9-/m1/s1. The quantitative estimate of drug-likeness (QED) is 0.603. The number of carbonyl (C=O) groups excluding carboxylic acids is 1. The van der Waals surface area contributed by atoms with E-state index in [0.29, 0.717) is 6.42 Å². The monoisotopic (exact) mass is 317 g/mol. The molecule has 0 aliphatic rings. The van der Waals surface area contributed by atoms with Gasteiger partial charge in [0.1, 0.15) is 6.61 Å². The molecule has 5 nitrogen and oxygen atoms in total. The number of alkyl carbamates (subject to hydrolysis) is 1. The van der Waals surface area contributed by atoms with Crippen molar-refractivity contribution < 1.29 is 19.4 Å². The molecule has 0 aromatic carbocycles. The summed E-state index contributed by atoms with van der Waals surface area (Å²) < 4.78 is 2.85. The average molecular weight is 319 g/mol. The van der Waals surface area contributed by atoms with Crippen LogP contribution in [0.4, 0.5) is 4.79 Å². The van der Waals surface area contributed by atoms with Gasteiger partial charge in [0.05, 0.1) is 0 Å². The van der Waals surface area contributed by atoms with Crippen LogP contribution in [-0.2, 0) is 9.53 Å². The largest absolute Gasteiger partial charge is 0.479 e. The van der Waals surface area contributed by atoms with Crippen molar-refractivity contribution in [2.75, 3.05) is 6.61 Å². The zero-order chi connectivity index (χ0) is 14.4. The van der Waals surface area contributed by atoms with Crippen LogP contribution in [0.15, 0.2) is 12.2 Å². The summed E-state index contributed by atoms with van der Waals surface area (Å²) in [6.07, 6.45) is 2.62. The van der Waals surface area contributed by atoms with Gasteiger partial charge in [-0.05, 0) is 13.3 Å². The molecule has 1 amide bonds. The van der Waals surface area contributed by atoms with E-state index in [0.717, 1.165) is 0 Å². The van der Waals surface area contributed by atoms with E-state index in [1.54, 1.807) is 6.08 Å². The number of ether oxygens (including phenoxy) is 1. The maximum Gasteiger partial charge on any atom is 0.408 e. The fourth-order valence-corrected chi connectivity index (χ4v) is 1.08. The molecule has 0 aliphatic carbocycles. The number of hydrogen-bond acceptors (Lipinski definition) is 3. The van der Waals surface area contributed by atoms with Crippen molar-refractivity contribution >= 4 is 46.9 Å². The minimum absolute atomic E-state index is 0.476. The Hall–Kier alpha value is -0.650. The van der Waals surface area contributed by atoms with Gasteiger partial charge in [-0.2, -0.15) is 0 Å². The number of carboxylic acid groups (broad SMARTS) is 1. The van der Waals surface area contributed by atoms with Gasteiger partial charge < -0.3 is 15.2 Å². The van der Waals surface area contributed by atoms with Crippen LogP contribution < -0.4 is 5.32 Å². The lowest BCUT2D eigenvalue weighted by Gasteiger charge is -2.22. The van der Waals surface area contributed by atoms with Crippen LogP contribution in [-0.4, -0.2) is 33.1 Å². The van der Waals surface area contributed by atoms with Crippen molar-refractivity contribution in [3.8, 4) is 0 Å². The van der Waals surface area contributed by atoms with Crippen molar-refractivity contribution in [3.63, 3.8) is 0 Å². The zero-order valence-corrected chi connectivity index (χ0v) is 12.1. The van der Waals surface area contributed by atoms with Gasteiger partial charge in [-0.25, -0.2) is 9.59 Å². The number of halogens is 3. The van der Waals surface area contributed by atoms with Gasteiger partial charge in [0.25, 0.3) is 0 Å². The molecular formula is C10H14Cl3NO4. The van der Waals surface area contributed by atoms with Gasteiger partial charge in [-0.1, -0.05) is 53.9 Å². The van der Waals surface area contributed by atoms with Gasteiger partial charge in [-0.15, -0.1) is 0 Å². The van der Waals surface area contributed by atoms with Gasteiger partial charge in [0.2, 0.25) is 3.79 Å². The van der Waals surface area contributed by atoms with Crippen molar-refractivity contribution in [2.24, 2.45) is 0 Å². The lowest BCUT2D eigenvalue weighted by Crippen LogP contribution is -2.51. The first-order valence-electron chi connectivity index (χ1n) is 5.03. The molecular weight excluding hydrogens is 304 g/mol. The van der Waals surface area contributed by atoms with Crippen LogP contribution in [0.1, 0.15) is 20.3 Å². The number of hydrogen-bond donors (Lipinski definition) is 2. The number of allylic oxidation sites excluding steroid dienone is 1. The molecule has 0 saturated carbocycles. The molecule has 0 radical (unpaired) electrons. The molecule has 104 valence electrons. The fourth-order valence-electron chi connectivity index (χ4n) is 0.915. The number of nitrogens with one attached hydrogen (secondary N) is 1. The average Bonchev–Trinajstić information content (AvgIpc) is 2.22. The second-order valence-corrected chi connectivity index (χ2v) is 6.15. The summed E-state index contributed by atoms with van der Waals surface area (Å²) in [5.74, 6) is -1.22. The fraction of sp³-hybridized carbons (Fsp3) is 0.600. The van der Waals surface area contributed by atoms with E-state index in [4.69, 9.17) is 39.9 Å². The smallest absolute Gasteiger partial charge is 0.408 e. The number of aliphatic carboxylic acids is 1. The molecule has 2 N–H and O–H groups in total.